The topological polar surface area (TPSA) is 85.3 Å². The van der Waals surface area contributed by atoms with E-state index in [0.717, 1.165) is 4.52 Å². The van der Waals surface area contributed by atoms with Gasteiger partial charge in [0.2, 0.25) is 11.9 Å². The van der Waals surface area contributed by atoms with Gasteiger partial charge in [0.25, 0.3) is 0 Å². The molecule has 22 heavy (non-hydrogen) atoms. The van der Waals surface area contributed by atoms with Gasteiger partial charge in [0.15, 0.2) is 5.65 Å². The Morgan fingerprint density at radius 3 is 2.77 bits per heavy atom. The Hall–Kier alpha value is -2.23. The third kappa shape index (κ3) is 3.91. The van der Waals surface area contributed by atoms with Gasteiger partial charge in [-0.1, -0.05) is 0 Å². The molecule has 0 spiro atoms. The van der Waals surface area contributed by atoms with Gasteiger partial charge in [-0.05, 0) is 11.6 Å². The van der Waals surface area contributed by atoms with Crippen molar-refractivity contribution >= 4 is 11.6 Å². The van der Waals surface area contributed by atoms with Gasteiger partial charge in [-0.15, -0.1) is 0 Å². The molecule has 0 unspecified atom stereocenters. The molecular formula is C12H13F4N5O. The molecule has 0 saturated heterocycles. The molecule has 0 saturated carbocycles. The smallest absolute Gasteiger partial charge is 0.352 e. The van der Waals surface area contributed by atoms with E-state index in [1.807, 2.05) is 0 Å². The molecule has 0 aliphatic carbocycles. The van der Waals surface area contributed by atoms with Crippen LogP contribution in [0, 0.1) is 5.95 Å². The van der Waals surface area contributed by atoms with Gasteiger partial charge < -0.3 is 11.1 Å². The molecule has 10 heteroatoms. The van der Waals surface area contributed by atoms with Gasteiger partial charge in [0.1, 0.15) is 5.69 Å². The van der Waals surface area contributed by atoms with E-state index < -0.39 is 30.9 Å². The van der Waals surface area contributed by atoms with Crippen LogP contribution < -0.4 is 11.1 Å². The van der Waals surface area contributed by atoms with Crippen molar-refractivity contribution in [1.82, 2.24) is 19.9 Å². The van der Waals surface area contributed by atoms with Gasteiger partial charge in [-0.3, -0.25) is 4.79 Å². The fourth-order valence-corrected chi connectivity index (χ4v) is 1.76. The normalized spacial score (nSPS) is 11.9. The number of nitrogens with two attached hydrogens (primary N) is 1. The molecule has 1 amide bonds. The Balaban J connectivity index is 1.99. The molecule has 120 valence electrons. The first-order valence-electron chi connectivity index (χ1n) is 6.35. The van der Waals surface area contributed by atoms with Gasteiger partial charge in [0, 0.05) is 19.5 Å². The number of imidazole rings is 1. The summed E-state index contributed by atoms with van der Waals surface area (Å²) in [4.78, 5) is 15.2. The van der Waals surface area contributed by atoms with E-state index in [-0.39, 0.29) is 24.4 Å². The molecule has 0 radical (unpaired) electrons. The van der Waals surface area contributed by atoms with E-state index in [1.54, 1.807) is 0 Å². The Labute approximate surface area is 122 Å². The second-order valence-corrected chi connectivity index (χ2v) is 4.58. The van der Waals surface area contributed by atoms with Crippen molar-refractivity contribution in [2.75, 3.05) is 0 Å². The van der Waals surface area contributed by atoms with Crippen LogP contribution in [0.15, 0.2) is 12.3 Å². The van der Waals surface area contributed by atoms with E-state index in [1.165, 1.54) is 12.3 Å². The zero-order valence-corrected chi connectivity index (χ0v) is 11.3. The lowest BCUT2D eigenvalue weighted by Crippen LogP contribution is -2.24. The number of nitrogens with one attached hydrogen (secondary N) is 1. The summed E-state index contributed by atoms with van der Waals surface area (Å²) in [6.45, 7) is -0.106. The Morgan fingerprint density at radius 2 is 2.14 bits per heavy atom. The van der Waals surface area contributed by atoms with Crippen LogP contribution in [-0.2, 0) is 17.9 Å². The lowest BCUT2D eigenvalue weighted by molar-refractivity contribution is -0.144. The van der Waals surface area contributed by atoms with E-state index in [2.05, 4.69) is 15.4 Å². The lowest BCUT2D eigenvalue weighted by Gasteiger charge is -2.07. The van der Waals surface area contributed by atoms with Crippen LogP contribution in [0.3, 0.4) is 0 Å². The number of amides is 1. The Bertz CT molecular complexity index is 682. The molecule has 2 rings (SSSR count). The molecule has 2 heterocycles. The highest BCUT2D eigenvalue weighted by Crippen LogP contribution is 2.21. The van der Waals surface area contributed by atoms with Crippen LogP contribution in [-0.4, -0.2) is 26.7 Å². The molecule has 0 fully saturated rings. The van der Waals surface area contributed by atoms with Gasteiger partial charge in [-0.25, -0.2) is 4.98 Å². The fourth-order valence-electron chi connectivity index (χ4n) is 1.76. The number of hydrogen-bond acceptors (Lipinski definition) is 4. The van der Waals surface area contributed by atoms with Crippen LogP contribution in [0.1, 0.15) is 24.1 Å². The summed E-state index contributed by atoms with van der Waals surface area (Å²) in [6, 6.07) is 1.47. The molecule has 0 bridgehead atoms. The highest BCUT2D eigenvalue weighted by molar-refractivity contribution is 5.75. The molecule has 2 aromatic rings. The summed E-state index contributed by atoms with van der Waals surface area (Å²) in [5, 5.41) is 6.14. The van der Waals surface area contributed by atoms with Crippen LogP contribution in [0.4, 0.5) is 17.6 Å². The van der Waals surface area contributed by atoms with Crippen molar-refractivity contribution in [3.05, 3.63) is 29.5 Å². The zero-order chi connectivity index (χ0) is 16.3. The summed E-state index contributed by atoms with van der Waals surface area (Å²) in [5.74, 6) is -1.40. The first-order chi connectivity index (χ1) is 10.3. The maximum atomic E-state index is 13.7. The van der Waals surface area contributed by atoms with Crippen molar-refractivity contribution < 1.29 is 22.4 Å². The summed E-state index contributed by atoms with van der Waals surface area (Å²) in [7, 11) is 0. The van der Waals surface area contributed by atoms with Crippen LogP contribution in [0.25, 0.3) is 5.65 Å². The van der Waals surface area contributed by atoms with Gasteiger partial charge in [0.05, 0.1) is 12.6 Å². The fraction of sp³-hybridized carbons (Fsp3) is 0.417. The van der Waals surface area contributed by atoms with Crippen LogP contribution in [0.5, 0.6) is 0 Å². The summed E-state index contributed by atoms with van der Waals surface area (Å²) in [5.41, 5.74) is 6.08. The molecule has 0 aliphatic rings. The van der Waals surface area contributed by atoms with Crippen molar-refractivity contribution in [1.29, 1.82) is 0 Å². The Kier molecular flexibility index (Phi) is 4.59. The number of carbonyl (C=O) groups excluding carboxylic acids is 1. The standard InChI is InChI=1S/C12H13F4N5O/c13-11-8(4-17)20-9-3-7(6-19-21(9)11)5-18-10(22)1-2-12(14,15)16/h3,6H,1-2,4-5,17H2,(H,18,22). The van der Waals surface area contributed by atoms with E-state index in [4.69, 9.17) is 5.73 Å². The number of hydrogen-bond donors (Lipinski definition) is 2. The molecule has 0 aromatic carbocycles. The zero-order valence-electron chi connectivity index (χ0n) is 11.3. The SMILES string of the molecule is NCc1nc2cc(CNC(=O)CCC(F)(F)F)cnn2c1F. The maximum absolute atomic E-state index is 13.7. The molecule has 0 aliphatic heterocycles. The predicted molar refractivity (Wildman–Crippen MR) is 68.0 cm³/mol. The monoisotopic (exact) mass is 319 g/mol. The minimum atomic E-state index is -4.37. The average molecular weight is 319 g/mol. The van der Waals surface area contributed by atoms with Crippen LogP contribution in [0.2, 0.25) is 0 Å². The maximum Gasteiger partial charge on any atom is 0.389 e. The third-order valence-electron chi connectivity index (χ3n) is 2.86. The highest BCUT2D eigenvalue weighted by atomic mass is 19.4. The van der Waals surface area contributed by atoms with Crippen molar-refractivity contribution in [2.45, 2.75) is 32.1 Å². The number of fused-ring (bicyclic) bond motifs is 1. The number of rotatable bonds is 5. The number of aromatic nitrogens is 3. The van der Waals surface area contributed by atoms with Gasteiger partial charge >= 0.3 is 6.18 Å². The highest BCUT2D eigenvalue weighted by Gasteiger charge is 2.27. The number of alkyl halides is 3. The number of halogens is 4. The lowest BCUT2D eigenvalue weighted by atomic mass is 10.2. The Morgan fingerprint density at radius 1 is 1.41 bits per heavy atom. The quantitative estimate of drug-likeness (QED) is 0.813. The minimum Gasteiger partial charge on any atom is -0.352 e. The second kappa shape index (κ2) is 6.26. The average Bonchev–Trinajstić information content (AvgIpc) is 2.78. The first kappa shape index (κ1) is 16.1. The largest absolute Gasteiger partial charge is 0.389 e. The van der Waals surface area contributed by atoms with E-state index in [9.17, 15) is 22.4 Å². The first-order valence-corrected chi connectivity index (χ1v) is 6.35. The summed E-state index contributed by atoms with van der Waals surface area (Å²) in [6.07, 6.45) is -4.90. The summed E-state index contributed by atoms with van der Waals surface area (Å²) < 4.78 is 50.6. The van der Waals surface area contributed by atoms with Crippen molar-refractivity contribution in [3.63, 3.8) is 0 Å². The van der Waals surface area contributed by atoms with Crippen LogP contribution >= 0.6 is 0 Å². The van der Waals surface area contributed by atoms with E-state index in [0.29, 0.717) is 5.56 Å². The second-order valence-electron chi connectivity index (χ2n) is 4.58. The molecule has 0 atom stereocenters. The molecular weight excluding hydrogens is 306 g/mol. The number of nitrogens with zero attached hydrogens (tertiary/aromatic N) is 3. The predicted octanol–water partition coefficient (Wildman–Crippen LogP) is 1.29. The number of carbonyl (C=O) groups is 1. The van der Waals surface area contributed by atoms with E-state index >= 15 is 0 Å². The minimum absolute atomic E-state index is 0.0212. The van der Waals surface area contributed by atoms with Gasteiger partial charge in [-0.2, -0.15) is 27.2 Å². The molecule has 3 N–H and O–H groups in total. The van der Waals surface area contributed by atoms with Crippen molar-refractivity contribution in [3.8, 4) is 0 Å². The van der Waals surface area contributed by atoms with Crippen molar-refractivity contribution in [2.24, 2.45) is 5.73 Å². The molecule has 2 aromatic heterocycles. The summed E-state index contributed by atoms with van der Waals surface area (Å²) >= 11 is 0. The molecule has 6 nitrogen and oxygen atoms in total. The third-order valence-corrected chi connectivity index (χ3v) is 2.86.